The molecular formula is C23H30FN3O3. The Morgan fingerprint density at radius 3 is 2.60 bits per heavy atom. The van der Waals surface area contributed by atoms with Crippen molar-refractivity contribution >= 4 is 11.8 Å². The molecular weight excluding hydrogens is 385 g/mol. The summed E-state index contributed by atoms with van der Waals surface area (Å²) in [5.41, 5.74) is -0.0802. The van der Waals surface area contributed by atoms with Crippen LogP contribution in [0.3, 0.4) is 0 Å². The number of rotatable bonds is 9. The number of carbonyl (C=O) groups excluding carboxylic acids is 2. The van der Waals surface area contributed by atoms with Crippen LogP contribution in [0, 0.1) is 5.82 Å². The zero-order valence-electron chi connectivity index (χ0n) is 17.5. The van der Waals surface area contributed by atoms with Gasteiger partial charge in [-0.3, -0.25) is 9.59 Å². The van der Waals surface area contributed by atoms with Crippen LogP contribution in [0.2, 0.25) is 0 Å². The third-order valence-corrected chi connectivity index (χ3v) is 5.58. The van der Waals surface area contributed by atoms with Crippen LogP contribution in [-0.2, 0) is 16.0 Å². The number of hydrogen-bond donors (Lipinski definition) is 2. The smallest absolute Gasteiger partial charge is 0.245 e. The lowest BCUT2D eigenvalue weighted by Gasteiger charge is -2.36. The minimum Gasteiger partial charge on any atom is -0.441 e. The lowest BCUT2D eigenvalue weighted by atomic mass is 9.80. The molecule has 1 aliphatic carbocycles. The Kier molecular flexibility index (Phi) is 7.60. The first kappa shape index (κ1) is 22.0. The van der Waals surface area contributed by atoms with Crippen molar-refractivity contribution in [3.05, 3.63) is 42.2 Å². The highest BCUT2D eigenvalue weighted by Gasteiger charge is 2.40. The van der Waals surface area contributed by atoms with Gasteiger partial charge in [0, 0.05) is 24.9 Å². The van der Waals surface area contributed by atoms with Crippen molar-refractivity contribution < 1.29 is 18.4 Å². The Bertz CT molecular complexity index is 842. The maximum atomic E-state index is 13.1. The number of benzene rings is 1. The Balaban J connectivity index is 1.56. The van der Waals surface area contributed by atoms with Gasteiger partial charge in [-0.1, -0.05) is 32.6 Å². The number of carbonyl (C=O) groups is 2. The van der Waals surface area contributed by atoms with Gasteiger partial charge >= 0.3 is 0 Å². The molecule has 1 aromatic heterocycles. The van der Waals surface area contributed by atoms with Crippen LogP contribution in [0.25, 0.3) is 11.3 Å². The second kappa shape index (κ2) is 10.4. The van der Waals surface area contributed by atoms with E-state index in [2.05, 4.69) is 22.5 Å². The van der Waals surface area contributed by atoms with Gasteiger partial charge in [-0.25, -0.2) is 9.37 Å². The van der Waals surface area contributed by atoms with Gasteiger partial charge in [-0.05, 0) is 43.5 Å². The molecule has 3 rings (SSSR count). The first-order chi connectivity index (χ1) is 14.5. The van der Waals surface area contributed by atoms with Gasteiger partial charge in [0.2, 0.25) is 11.8 Å². The third kappa shape index (κ3) is 5.68. The molecule has 7 heteroatoms. The van der Waals surface area contributed by atoms with Crippen molar-refractivity contribution in [1.29, 1.82) is 0 Å². The predicted molar refractivity (Wildman–Crippen MR) is 112 cm³/mol. The van der Waals surface area contributed by atoms with E-state index in [1.54, 1.807) is 18.3 Å². The van der Waals surface area contributed by atoms with Gasteiger partial charge < -0.3 is 15.1 Å². The molecule has 0 unspecified atom stereocenters. The molecule has 1 heterocycles. The molecule has 2 aromatic rings. The van der Waals surface area contributed by atoms with Gasteiger partial charge in [-0.15, -0.1) is 0 Å². The van der Waals surface area contributed by atoms with Gasteiger partial charge in [0.25, 0.3) is 0 Å². The summed E-state index contributed by atoms with van der Waals surface area (Å²) in [6.45, 7) is 2.71. The summed E-state index contributed by atoms with van der Waals surface area (Å²) in [6, 6.07) is 5.97. The topological polar surface area (TPSA) is 84.2 Å². The molecule has 0 saturated heterocycles. The number of hydrogen-bond acceptors (Lipinski definition) is 4. The zero-order chi connectivity index (χ0) is 21.4. The number of nitrogens with zero attached hydrogens (tertiary/aromatic N) is 1. The minimum absolute atomic E-state index is 0.0706. The summed E-state index contributed by atoms with van der Waals surface area (Å²) in [7, 11) is 0. The number of halogens is 1. The van der Waals surface area contributed by atoms with E-state index >= 15 is 0 Å². The number of amides is 2. The molecule has 2 amide bonds. The fourth-order valence-corrected chi connectivity index (χ4v) is 3.84. The minimum atomic E-state index is -0.807. The summed E-state index contributed by atoms with van der Waals surface area (Å²) in [4.78, 5) is 29.7. The monoisotopic (exact) mass is 415 g/mol. The molecule has 1 aromatic carbocycles. The molecule has 30 heavy (non-hydrogen) atoms. The number of unbranched alkanes of at least 4 members (excludes halogenated alkanes) is 1. The van der Waals surface area contributed by atoms with E-state index < -0.39 is 5.54 Å². The first-order valence-corrected chi connectivity index (χ1v) is 10.8. The second-order valence-electron chi connectivity index (χ2n) is 7.93. The largest absolute Gasteiger partial charge is 0.441 e. The number of oxazole rings is 1. The lowest BCUT2D eigenvalue weighted by Crippen LogP contribution is -2.59. The summed E-state index contributed by atoms with van der Waals surface area (Å²) in [5.74, 6) is 0.410. The number of aromatic nitrogens is 1. The third-order valence-electron chi connectivity index (χ3n) is 5.58. The van der Waals surface area contributed by atoms with Crippen LogP contribution < -0.4 is 10.6 Å². The average Bonchev–Trinajstić information content (AvgIpc) is 3.22. The fraction of sp³-hybridized carbons (Fsp3) is 0.522. The van der Waals surface area contributed by atoms with Crippen molar-refractivity contribution in [3.8, 4) is 11.3 Å². The van der Waals surface area contributed by atoms with E-state index in [-0.39, 0.29) is 24.1 Å². The summed E-state index contributed by atoms with van der Waals surface area (Å²) in [5, 5.41) is 6.00. The number of aryl methyl sites for hydroxylation is 1. The van der Waals surface area contributed by atoms with E-state index in [4.69, 9.17) is 4.42 Å². The molecule has 0 spiro atoms. The van der Waals surface area contributed by atoms with E-state index in [0.29, 0.717) is 37.5 Å². The zero-order valence-corrected chi connectivity index (χ0v) is 17.5. The van der Waals surface area contributed by atoms with Crippen LogP contribution in [0.15, 0.2) is 34.9 Å². The molecule has 0 aliphatic heterocycles. The van der Waals surface area contributed by atoms with Gasteiger partial charge in [0.05, 0.1) is 6.20 Å². The molecule has 162 valence electrons. The molecule has 0 radical (unpaired) electrons. The highest BCUT2D eigenvalue weighted by atomic mass is 19.1. The standard InChI is InChI=1S/C23H30FN3O3/c1-2-3-15-25-22(29)23(13-5-4-6-14-23)27-20(28)11-12-21-26-16-19(30-21)17-7-9-18(24)10-8-17/h7-10,16H,2-6,11-15H2,1H3,(H,25,29)(H,27,28). The van der Waals surface area contributed by atoms with Crippen molar-refractivity contribution in [3.63, 3.8) is 0 Å². The lowest BCUT2D eigenvalue weighted by molar-refractivity contribution is -0.135. The second-order valence-corrected chi connectivity index (χ2v) is 7.93. The van der Waals surface area contributed by atoms with Crippen molar-refractivity contribution in [2.45, 2.75) is 70.3 Å². The normalized spacial score (nSPS) is 15.5. The highest BCUT2D eigenvalue weighted by Crippen LogP contribution is 2.29. The quantitative estimate of drug-likeness (QED) is 0.603. The predicted octanol–water partition coefficient (Wildman–Crippen LogP) is 4.15. The maximum absolute atomic E-state index is 13.1. The van der Waals surface area contributed by atoms with Gasteiger partial charge in [0.15, 0.2) is 11.7 Å². The van der Waals surface area contributed by atoms with E-state index in [1.165, 1.54) is 12.1 Å². The Labute approximate surface area is 176 Å². The van der Waals surface area contributed by atoms with Crippen molar-refractivity contribution in [2.75, 3.05) is 6.54 Å². The van der Waals surface area contributed by atoms with E-state index in [9.17, 15) is 14.0 Å². The van der Waals surface area contributed by atoms with Crippen LogP contribution in [0.4, 0.5) is 4.39 Å². The molecule has 6 nitrogen and oxygen atoms in total. The van der Waals surface area contributed by atoms with Crippen molar-refractivity contribution in [1.82, 2.24) is 15.6 Å². The van der Waals surface area contributed by atoms with Gasteiger partial charge in [0.1, 0.15) is 11.4 Å². The Hall–Kier alpha value is -2.70. The maximum Gasteiger partial charge on any atom is 0.245 e. The summed E-state index contributed by atoms with van der Waals surface area (Å²) in [6.07, 6.45) is 8.33. The molecule has 2 N–H and O–H groups in total. The van der Waals surface area contributed by atoms with Crippen molar-refractivity contribution in [2.24, 2.45) is 0 Å². The first-order valence-electron chi connectivity index (χ1n) is 10.8. The molecule has 1 fully saturated rings. The van der Waals surface area contributed by atoms with Gasteiger partial charge in [-0.2, -0.15) is 0 Å². The molecule has 0 atom stereocenters. The summed E-state index contributed by atoms with van der Waals surface area (Å²) >= 11 is 0. The van der Waals surface area contributed by atoms with Crippen LogP contribution in [0.1, 0.15) is 64.2 Å². The molecule has 1 aliphatic rings. The Morgan fingerprint density at radius 2 is 1.90 bits per heavy atom. The van der Waals surface area contributed by atoms with Crippen LogP contribution >= 0.6 is 0 Å². The van der Waals surface area contributed by atoms with E-state index in [0.717, 1.165) is 37.7 Å². The highest BCUT2D eigenvalue weighted by molar-refractivity contribution is 5.91. The average molecular weight is 416 g/mol. The van der Waals surface area contributed by atoms with Crippen LogP contribution in [0.5, 0.6) is 0 Å². The Morgan fingerprint density at radius 1 is 1.17 bits per heavy atom. The fourth-order valence-electron chi connectivity index (χ4n) is 3.84. The number of nitrogens with one attached hydrogen (secondary N) is 2. The van der Waals surface area contributed by atoms with E-state index in [1.807, 2.05) is 0 Å². The summed E-state index contributed by atoms with van der Waals surface area (Å²) < 4.78 is 18.8. The van der Waals surface area contributed by atoms with Crippen LogP contribution in [-0.4, -0.2) is 28.9 Å². The SMILES string of the molecule is CCCCNC(=O)C1(NC(=O)CCc2ncc(-c3ccc(F)cc3)o2)CCCCC1. The molecule has 0 bridgehead atoms. The molecule has 1 saturated carbocycles.